The second kappa shape index (κ2) is 8.28. The smallest absolute Gasteiger partial charge is 0.0713 e. The molecule has 1 atom stereocenters. The first-order valence-electron chi connectivity index (χ1n) is 7.01. The van der Waals surface area contributed by atoms with Crippen LogP contribution in [0.15, 0.2) is 24.3 Å². The van der Waals surface area contributed by atoms with Crippen molar-refractivity contribution in [2.75, 3.05) is 7.11 Å². The van der Waals surface area contributed by atoms with E-state index >= 15 is 0 Å². The van der Waals surface area contributed by atoms with E-state index < -0.39 is 0 Å². The number of methoxy groups -OCH3 is 1. The molecule has 0 saturated heterocycles. The lowest BCUT2D eigenvalue weighted by molar-refractivity contribution is 0.185. The van der Waals surface area contributed by atoms with Gasteiger partial charge >= 0.3 is 0 Å². The van der Waals surface area contributed by atoms with Gasteiger partial charge in [-0.05, 0) is 24.0 Å². The number of hydrogen-bond acceptors (Lipinski definition) is 2. The third kappa shape index (κ3) is 4.79. The first-order chi connectivity index (χ1) is 8.71. The van der Waals surface area contributed by atoms with E-state index in [9.17, 15) is 0 Å². The van der Waals surface area contributed by atoms with Crippen LogP contribution in [0.2, 0.25) is 0 Å². The summed E-state index contributed by atoms with van der Waals surface area (Å²) in [5.41, 5.74) is 2.57. The third-order valence-corrected chi connectivity index (χ3v) is 3.72. The van der Waals surface area contributed by atoms with E-state index in [0.717, 1.165) is 12.5 Å². The maximum absolute atomic E-state index is 5.11. The monoisotopic (exact) mass is 249 g/mol. The lowest BCUT2D eigenvalue weighted by atomic mass is 9.95. The van der Waals surface area contributed by atoms with E-state index in [2.05, 4.69) is 50.4 Å². The Morgan fingerprint density at radius 2 is 1.61 bits per heavy atom. The molecule has 0 radical (unpaired) electrons. The van der Waals surface area contributed by atoms with Crippen molar-refractivity contribution in [3.63, 3.8) is 0 Å². The molecule has 0 amide bonds. The van der Waals surface area contributed by atoms with Gasteiger partial charge in [0.2, 0.25) is 0 Å². The Bertz CT molecular complexity index is 316. The van der Waals surface area contributed by atoms with Crippen LogP contribution in [0.1, 0.15) is 44.7 Å². The van der Waals surface area contributed by atoms with Crippen LogP contribution in [0.4, 0.5) is 0 Å². The molecule has 1 N–H and O–H groups in total. The Balaban J connectivity index is 2.43. The first kappa shape index (κ1) is 15.2. The minimum Gasteiger partial charge on any atom is -0.380 e. The van der Waals surface area contributed by atoms with Gasteiger partial charge in [-0.25, -0.2) is 0 Å². The van der Waals surface area contributed by atoms with E-state index in [4.69, 9.17) is 4.74 Å². The second-order valence-corrected chi connectivity index (χ2v) is 5.00. The van der Waals surface area contributed by atoms with Gasteiger partial charge in [0.15, 0.2) is 0 Å². The maximum Gasteiger partial charge on any atom is 0.0713 e. The van der Waals surface area contributed by atoms with Crippen LogP contribution < -0.4 is 5.32 Å². The standard InChI is InChI=1S/C16H27NO/c1-5-16(6-2)13(3)17-11-14-7-9-15(10-8-14)12-18-4/h7-10,13,16-17H,5-6,11-12H2,1-4H3. The highest BCUT2D eigenvalue weighted by Crippen LogP contribution is 2.13. The Kier molecular flexibility index (Phi) is 6.99. The number of nitrogens with one attached hydrogen (secondary N) is 1. The van der Waals surface area contributed by atoms with Crippen LogP contribution in [-0.4, -0.2) is 13.2 Å². The molecule has 0 spiro atoms. The summed E-state index contributed by atoms with van der Waals surface area (Å²) in [5.74, 6) is 0.776. The van der Waals surface area contributed by atoms with Crippen LogP contribution in [0.25, 0.3) is 0 Å². The van der Waals surface area contributed by atoms with Crippen molar-refractivity contribution in [3.05, 3.63) is 35.4 Å². The first-order valence-corrected chi connectivity index (χ1v) is 7.01. The fraction of sp³-hybridized carbons (Fsp3) is 0.625. The summed E-state index contributed by atoms with van der Waals surface area (Å²) >= 11 is 0. The second-order valence-electron chi connectivity index (χ2n) is 5.00. The zero-order valence-electron chi connectivity index (χ0n) is 12.2. The van der Waals surface area contributed by atoms with Gasteiger partial charge in [0.1, 0.15) is 0 Å². The van der Waals surface area contributed by atoms with Gasteiger partial charge in [-0.1, -0.05) is 51.0 Å². The molecule has 1 aromatic carbocycles. The Morgan fingerprint density at radius 1 is 1.06 bits per heavy atom. The Morgan fingerprint density at radius 3 is 2.11 bits per heavy atom. The van der Waals surface area contributed by atoms with Crippen LogP contribution in [0.3, 0.4) is 0 Å². The molecule has 0 aliphatic heterocycles. The van der Waals surface area contributed by atoms with Gasteiger partial charge in [-0.3, -0.25) is 0 Å². The third-order valence-electron chi connectivity index (χ3n) is 3.72. The number of benzene rings is 1. The van der Waals surface area contributed by atoms with Crippen molar-refractivity contribution in [3.8, 4) is 0 Å². The number of ether oxygens (including phenoxy) is 1. The minimum atomic E-state index is 0.582. The van der Waals surface area contributed by atoms with Gasteiger partial charge in [-0.15, -0.1) is 0 Å². The molecule has 1 aromatic rings. The van der Waals surface area contributed by atoms with Crippen molar-refractivity contribution in [2.24, 2.45) is 5.92 Å². The zero-order chi connectivity index (χ0) is 13.4. The topological polar surface area (TPSA) is 21.3 Å². The largest absolute Gasteiger partial charge is 0.380 e. The number of hydrogen-bond donors (Lipinski definition) is 1. The summed E-state index contributed by atoms with van der Waals surface area (Å²) in [6, 6.07) is 9.23. The van der Waals surface area contributed by atoms with Gasteiger partial charge < -0.3 is 10.1 Å². The lowest BCUT2D eigenvalue weighted by Gasteiger charge is -2.22. The molecule has 0 bridgehead atoms. The minimum absolute atomic E-state index is 0.582. The average molecular weight is 249 g/mol. The Hall–Kier alpha value is -0.860. The van der Waals surface area contributed by atoms with E-state index in [-0.39, 0.29) is 0 Å². The van der Waals surface area contributed by atoms with Crippen molar-refractivity contribution >= 4 is 0 Å². The van der Waals surface area contributed by atoms with Crippen molar-refractivity contribution in [1.29, 1.82) is 0 Å². The summed E-state index contributed by atoms with van der Waals surface area (Å²) in [6.07, 6.45) is 2.49. The SMILES string of the molecule is CCC(CC)C(C)NCc1ccc(COC)cc1. The highest BCUT2D eigenvalue weighted by Gasteiger charge is 2.12. The van der Waals surface area contributed by atoms with Crippen LogP contribution in [0, 0.1) is 5.92 Å². The molecule has 2 heteroatoms. The molecule has 0 heterocycles. The summed E-state index contributed by atoms with van der Waals surface area (Å²) in [7, 11) is 1.73. The molecule has 1 rings (SSSR count). The van der Waals surface area contributed by atoms with E-state index in [1.807, 2.05) is 0 Å². The molecule has 2 nitrogen and oxygen atoms in total. The maximum atomic E-state index is 5.11. The fourth-order valence-corrected chi connectivity index (χ4v) is 2.36. The van der Waals surface area contributed by atoms with Crippen LogP contribution in [-0.2, 0) is 17.9 Å². The summed E-state index contributed by atoms with van der Waals surface area (Å²) in [6.45, 7) is 8.47. The summed E-state index contributed by atoms with van der Waals surface area (Å²) < 4.78 is 5.11. The summed E-state index contributed by atoms with van der Waals surface area (Å²) in [4.78, 5) is 0. The van der Waals surface area contributed by atoms with Gasteiger partial charge in [0, 0.05) is 19.7 Å². The molecular formula is C16H27NO. The highest BCUT2D eigenvalue weighted by atomic mass is 16.5. The van der Waals surface area contributed by atoms with E-state index in [1.54, 1.807) is 7.11 Å². The normalized spacial score (nSPS) is 12.9. The van der Waals surface area contributed by atoms with Gasteiger partial charge in [-0.2, -0.15) is 0 Å². The van der Waals surface area contributed by atoms with E-state index in [0.29, 0.717) is 12.6 Å². The molecule has 1 unspecified atom stereocenters. The molecule has 0 saturated carbocycles. The van der Waals surface area contributed by atoms with Gasteiger partial charge in [0.05, 0.1) is 6.61 Å². The van der Waals surface area contributed by atoms with Crippen LogP contribution in [0.5, 0.6) is 0 Å². The average Bonchev–Trinajstić information content (AvgIpc) is 2.40. The fourth-order valence-electron chi connectivity index (χ4n) is 2.36. The predicted molar refractivity (Wildman–Crippen MR) is 77.5 cm³/mol. The zero-order valence-corrected chi connectivity index (χ0v) is 12.2. The molecule has 18 heavy (non-hydrogen) atoms. The van der Waals surface area contributed by atoms with E-state index in [1.165, 1.54) is 24.0 Å². The molecule has 102 valence electrons. The lowest BCUT2D eigenvalue weighted by Crippen LogP contribution is -2.32. The van der Waals surface area contributed by atoms with Crippen molar-refractivity contribution in [1.82, 2.24) is 5.32 Å². The Labute approximate surface area is 112 Å². The molecule has 0 aromatic heterocycles. The summed E-state index contributed by atoms with van der Waals surface area (Å²) in [5, 5.41) is 3.62. The number of rotatable bonds is 8. The quantitative estimate of drug-likeness (QED) is 0.757. The molecular weight excluding hydrogens is 222 g/mol. The highest BCUT2D eigenvalue weighted by molar-refractivity contribution is 5.21. The van der Waals surface area contributed by atoms with Crippen molar-refractivity contribution in [2.45, 2.75) is 52.8 Å². The predicted octanol–water partition coefficient (Wildman–Crippen LogP) is 3.75. The molecule has 0 aliphatic carbocycles. The van der Waals surface area contributed by atoms with Crippen molar-refractivity contribution < 1.29 is 4.74 Å². The molecule has 0 aliphatic rings. The molecule has 0 fully saturated rings. The van der Waals surface area contributed by atoms with Crippen LogP contribution >= 0.6 is 0 Å². The van der Waals surface area contributed by atoms with Gasteiger partial charge in [0.25, 0.3) is 0 Å².